The summed E-state index contributed by atoms with van der Waals surface area (Å²) in [6, 6.07) is 15.3. The van der Waals surface area contributed by atoms with Crippen molar-refractivity contribution in [2.24, 2.45) is 5.10 Å². The van der Waals surface area contributed by atoms with Gasteiger partial charge in [0.05, 0.1) is 17.2 Å². The van der Waals surface area contributed by atoms with Crippen LogP contribution in [0.3, 0.4) is 0 Å². The standard InChI is InChI=1S/C17H14N4O/c1-2-10-22-14-7-5-6-13(11-14)12-18-21-17-19-15-8-3-4-9-16(15)20-17/h1,3-9,11-12H,10H2,(H2,19,20,21)/b18-12+. The van der Waals surface area contributed by atoms with Crippen molar-refractivity contribution in [2.45, 2.75) is 0 Å². The monoisotopic (exact) mass is 290 g/mol. The Kier molecular flexibility index (Phi) is 4.03. The molecular weight excluding hydrogens is 276 g/mol. The summed E-state index contributed by atoms with van der Waals surface area (Å²) in [5, 5.41) is 4.16. The lowest BCUT2D eigenvalue weighted by Crippen LogP contribution is -1.95. The Morgan fingerprint density at radius 3 is 3.05 bits per heavy atom. The van der Waals surface area contributed by atoms with Gasteiger partial charge in [-0.15, -0.1) is 6.42 Å². The summed E-state index contributed by atoms with van der Waals surface area (Å²) in [5.74, 6) is 3.74. The lowest BCUT2D eigenvalue weighted by molar-refractivity contribution is 0.370. The molecule has 0 fully saturated rings. The molecule has 1 heterocycles. The summed E-state index contributed by atoms with van der Waals surface area (Å²) in [7, 11) is 0. The predicted molar refractivity (Wildman–Crippen MR) is 88.1 cm³/mol. The van der Waals surface area contributed by atoms with Gasteiger partial charge in [-0.1, -0.05) is 30.2 Å². The summed E-state index contributed by atoms with van der Waals surface area (Å²) in [6.07, 6.45) is 6.86. The van der Waals surface area contributed by atoms with Crippen LogP contribution < -0.4 is 10.2 Å². The number of hydrogen-bond donors (Lipinski definition) is 2. The summed E-state index contributed by atoms with van der Waals surface area (Å²) >= 11 is 0. The molecule has 2 N–H and O–H groups in total. The summed E-state index contributed by atoms with van der Waals surface area (Å²) in [4.78, 5) is 7.51. The fraction of sp³-hybridized carbons (Fsp3) is 0.0588. The molecular formula is C17H14N4O. The van der Waals surface area contributed by atoms with E-state index in [0.717, 1.165) is 16.6 Å². The van der Waals surface area contributed by atoms with Crippen molar-refractivity contribution < 1.29 is 4.74 Å². The van der Waals surface area contributed by atoms with Gasteiger partial charge in [0.15, 0.2) is 0 Å². The molecule has 0 aliphatic rings. The zero-order valence-corrected chi connectivity index (χ0v) is 11.8. The van der Waals surface area contributed by atoms with E-state index in [1.807, 2.05) is 48.5 Å². The van der Waals surface area contributed by atoms with Crippen LogP contribution in [-0.4, -0.2) is 22.8 Å². The van der Waals surface area contributed by atoms with E-state index < -0.39 is 0 Å². The highest BCUT2D eigenvalue weighted by atomic mass is 16.5. The van der Waals surface area contributed by atoms with Gasteiger partial charge in [-0.25, -0.2) is 10.4 Å². The molecule has 0 saturated heterocycles. The van der Waals surface area contributed by atoms with Gasteiger partial charge >= 0.3 is 0 Å². The van der Waals surface area contributed by atoms with Gasteiger partial charge in [-0.05, 0) is 29.8 Å². The van der Waals surface area contributed by atoms with Gasteiger partial charge in [0.25, 0.3) is 0 Å². The lowest BCUT2D eigenvalue weighted by Gasteiger charge is -2.02. The zero-order valence-electron chi connectivity index (χ0n) is 11.8. The molecule has 3 aromatic rings. The Bertz CT molecular complexity index is 812. The number of rotatable bonds is 5. The first-order valence-electron chi connectivity index (χ1n) is 6.75. The number of anilines is 1. The van der Waals surface area contributed by atoms with Crippen LogP contribution in [0.1, 0.15) is 5.56 Å². The van der Waals surface area contributed by atoms with Gasteiger partial charge in [0.2, 0.25) is 5.95 Å². The van der Waals surface area contributed by atoms with Crippen molar-refractivity contribution in [3.05, 3.63) is 54.1 Å². The third-order valence-electron chi connectivity index (χ3n) is 2.95. The first-order valence-corrected chi connectivity index (χ1v) is 6.75. The molecule has 5 nitrogen and oxygen atoms in total. The molecule has 0 spiro atoms. The van der Waals surface area contributed by atoms with E-state index in [0.29, 0.717) is 11.7 Å². The molecule has 3 rings (SSSR count). The number of imidazole rings is 1. The number of hydrogen-bond acceptors (Lipinski definition) is 4. The van der Waals surface area contributed by atoms with Gasteiger partial charge < -0.3 is 9.72 Å². The summed E-state index contributed by atoms with van der Waals surface area (Å²) < 4.78 is 5.36. The van der Waals surface area contributed by atoms with Crippen molar-refractivity contribution in [3.63, 3.8) is 0 Å². The first-order chi connectivity index (χ1) is 10.8. The topological polar surface area (TPSA) is 62.3 Å². The van der Waals surface area contributed by atoms with E-state index in [9.17, 15) is 0 Å². The highest BCUT2D eigenvalue weighted by Gasteiger charge is 1.99. The SMILES string of the molecule is C#CCOc1cccc(/C=N/Nc2nc3ccccc3[nH]2)c1. The molecule has 108 valence electrons. The first kappa shape index (κ1) is 13.7. The predicted octanol–water partition coefficient (Wildman–Crippen LogP) is 3.02. The Balaban J connectivity index is 1.67. The van der Waals surface area contributed by atoms with Crippen LogP contribution in [-0.2, 0) is 0 Å². The molecule has 1 aromatic heterocycles. The van der Waals surface area contributed by atoms with E-state index in [2.05, 4.69) is 26.4 Å². The second-order valence-electron chi connectivity index (χ2n) is 4.54. The molecule has 2 aromatic carbocycles. The van der Waals surface area contributed by atoms with E-state index in [1.165, 1.54) is 0 Å². The quantitative estimate of drug-likeness (QED) is 0.431. The number of benzene rings is 2. The highest BCUT2D eigenvalue weighted by Crippen LogP contribution is 2.14. The number of hydrazone groups is 1. The fourth-order valence-corrected chi connectivity index (χ4v) is 1.98. The molecule has 0 atom stereocenters. The second-order valence-corrected chi connectivity index (χ2v) is 4.54. The summed E-state index contributed by atoms with van der Waals surface area (Å²) in [6.45, 7) is 0.248. The van der Waals surface area contributed by atoms with Crippen LogP contribution in [0.4, 0.5) is 5.95 Å². The number of ether oxygens (including phenoxy) is 1. The Morgan fingerprint density at radius 1 is 1.27 bits per heavy atom. The van der Waals surface area contributed by atoms with Crippen molar-refractivity contribution in [3.8, 4) is 18.1 Å². The zero-order chi connectivity index (χ0) is 15.2. The summed E-state index contributed by atoms with van der Waals surface area (Å²) in [5.41, 5.74) is 5.63. The van der Waals surface area contributed by atoms with Gasteiger partial charge in [-0.2, -0.15) is 5.10 Å². The molecule has 0 aliphatic heterocycles. The number of nitrogens with zero attached hydrogens (tertiary/aromatic N) is 2. The molecule has 0 bridgehead atoms. The van der Waals surface area contributed by atoms with E-state index >= 15 is 0 Å². The van der Waals surface area contributed by atoms with Gasteiger partial charge in [0, 0.05) is 0 Å². The van der Waals surface area contributed by atoms with Crippen LogP contribution >= 0.6 is 0 Å². The lowest BCUT2D eigenvalue weighted by atomic mass is 10.2. The van der Waals surface area contributed by atoms with Crippen molar-refractivity contribution >= 4 is 23.2 Å². The maximum atomic E-state index is 5.36. The van der Waals surface area contributed by atoms with E-state index in [1.54, 1.807) is 6.21 Å². The average Bonchev–Trinajstić information content (AvgIpc) is 2.96. The fourth-order valence-electron chi connectivity index (χ4n) is 1.98. The van der Waals surface area contributed by atoms with Gasteiger partial charge in [-0.3, -0.25) is 0 Å². The van der Waals surface area contributed by atoms with Crippen LogP contribution in [0.15, 0.2) is 53.6 Å². The number of aromatic amines is 1. The maximum absolute atomic E-state index is 5.36. The van der Waals surface area contributed by atoms with Gasteiger partial charge in [0.1, 0.15) is 12.4 Å². The second kappa shape index (κ2) is 6.46. The normalized spacial score (nSPS) is 10.7. The van der Waals surface area contributed by atoms with E-state index in [4.69, 9.17) is 11.2 Å². The smallest absolute Gasteiger partial charge is 0.222 e. The molecule has 0 radical (unpaired) electrons. The minimum absolute atomic E-state index is 0.248. The van der Waals surface area contributed by atoms with Crippen molar-refractivity contribution in [1.82, 2.24) is 9.97 Å². The minimum atomic E-state index is 0.248. The number of fused-ring (bicyclic) bond motifs is 1. The number of aromatic nitrogens is 2. The third-order valence-corrected chi connectivity index (χ3v) is 2.95. The van der Waals surface area contributed by atoms with Crippen LogP contribution in [0, 0.1) is 12.3 Å². The Morgan fingerprint density at radius 2 is 2.18 bits per heavy atom. The van der Waals surface area contributed by atoms with E-state index in [-0.39, 0.29) is 6.61 Å². The average molecular weight is 290 g/mol. The van der Waals surface area contributed by atoms with Crippen molar-refractivity contribution in [2.75, 3.05) is 12.0 Å². The van der Waals surface area contributed by atoms with Crippen molar-refractivity contribution in [1.29, 1.82) is 0 Å². The number of terminal acetylenes is 1. The molecule has 5 heteroatoms. The number of para-hydroxylation sites is 2. The van der Waals surface area contributed by atoms with Crippen LogP contribution in [0.25, 0.3) is 11.0 Å². The maximum Gasteiger partial charge on any atom is 0.222 e. The molecule has 22 heavy (non-hydrogen) atoms. The molecule has 0 saturated carbocycles. The molecule has 0 aliphatic carbocycles. The largest absolute Gasteiger partial charge is 0.481 e. The number of nitrogens with one attached hydrogen (secondary N) is 2. The number of H-pyrrole nitrogens is 1. The Hall–Kier alpha value is -3.26. The van der Waals surface area contributed by atoms with Crippen LogP contribution in [0.2, 0.25) is 0 Å². The molecule has 0 unspecified atom stereocenters. The third kappa shape index (κ3) is 3.25. The minimum Gasteiger partial charge on any atom is -0.481 e. The Labute approximate surface area is 128 Å². The molecule has 0 amide bonds. The van der Waals surface area contributed by atoms with Crippen LogP contribution in [0.5, 0.6) is 5.75 Å². The highest BCUT2D eigenvalue weighted by molar-refractivity contribution is 5.81.